The molecule has 0 radical (unpaired) electrons. The van der Waals surface area contributed by atoms with E-state index in [1.54, 1.807) is 16.8 Å². The average molecular weight is 496 g/mol. The SMILES string of the molecule is Cc1ccc(C(=O)Nc2nc3c(s2)c(C(=O)N[C@H](CO)c2ccc(F)cc2)nn3C(C)(C)C)cc1. The number of aliphatic hydroxyl groups is 1. The van der Waals surface area contributed by atoms with E-state index in [0.29, 0.717) is 26.6 Å². The topological polar surface area (TPSA) is 109 Å². The summed E-state index contributed by atoms with van der Waals surface area (Å²) in [6, 6.07) is 12.0. The maximum Gasteiger partial charge on any atom is 0.273 e. The Kier molecular flexibility index (Phi) is 6.68. The second-order valence-corrected chi connectivity index (χ2v) is 10.2. The molecule has 0 bridgehead atoms. The summed E-state index contributed by atoms with van der Waals surface area (Å²) in [6.45, 7) is 7.36. The number of aryl methyl sites for hydroxylation is 1. The van der Waals surface area contributed by atoms with Gasteiger partial charge in [0.05, 0.1) is 18.2 Å². The second-order valence-electron chi connectivity index (χ2n) is 9.18. The number of hydrogen-bond donors (Lipinski definition) is 3. The van der Waals surface area contributed by atoms with Crippen LogP contribution >= 0.6 is 11.3 Å². The number of halogens is 1. The van der Waals surface area contributed by atoms with Crippen LogP contribution in [-0.4, -0.2) is 38.3 Å². The molecule has 0 spiro atoms. The number of thiazole rings is 1. The lowest BCUT2D eigenvalue weighted by atomic mass is 10.1. The number of amides is 2. The number of nitrogens with zero attached hydrogens (tertiary/aromatic N) is 3. The maximum atomic E-state index is 13.3. The molecule has 3 N–H and O–H groups in total. The molecule has 0 fully saturated rings. The van der Waals surface area contributed by atoms with Crippen LogP contribution in [0.25, 0.3) is 10.3 Å². The predicted octanol–water partition coefficient (Wildman–Crippen LogP) is 4.41. The van der Waals surface area contributed by atoms with E-state index in [4.69, 9.17) is 0 Å². The van der Waals surface area contributed by atoms with Crippen molar-refractivity contribution in [3.05, 3.63) is 76.7 Å². The summed E-state index contributed by atoms with van der Waals surface area (Å²) in [7, 11) is 0. The highest BCUT2D eigenvalue weighted by Gasteiger charge is 2.28. The molecule has 4 aromatic rings. The molecule has 8 nitrogen and oxygen atoms in total. The summed E-state index contributed by atoms with van der Waals surface area (Å²) in [5.74, 6) is -1.23. The predicted molar refractivity (Wildman–Crippen MR) is 133 cm³/mol. The van der Waals surface area contributed by atoms with Crippen LogP contribution in [0.2, 0.25) is 0 Å². The van der Waals surface area contributed by atoms with Crippen molar-refractivity contribution in [1.82, 2.24) is 20.1 Å². The van der Waals surface area contributed by atoms with Gasteiger partial charge in [0.25, 0.3) is 11.8 Å². The fraction of sp³-hybridized carbons (Fsp3) is 0.280. The molecule has 0 saturated carbocycles. The van der Waals surface area contributed by atoms with E-state index in [1.165, 1.54) is 24.3 Å². The number of aromatic nitrogens is 3. The first kappa shape index (κ1) is 24.5. The fourth-order valence-corrected chi connectivity index (χ4v) is 4.43. The highest BCUT2D eigenvalue weighted by Crippen LogP contribution is 2.32. The van der Waals surface area contributed by atoms with Gasteiger partial charge in [-0.25, -0.2) is 9.07 Å². The lowest BCUT2D eigenvalue weighted by Gasteiger charge is -2.19. The molecule has 35 heavy (non-hydrogen) atoms. The van der Waals surface area contributed by atoms with Crippen LogP contribution in [0.1, 0.15) is 58.8 Å². The molecule has 0 aliphatic carbocycles. The van der Waals surface area contributed by atoms with Crippen LogP contribution in [0.15, 0.2) is 48.5 Å². The first-order chi connectivity index (χ1) is 16.6. The van der Waals surface area contributed by atoms with Crippen LogP contribution in [0.3, 0.4) is 0 Å². The first-order valence-corrected chi connectivity index (χ1v) is 11.8. The maximum absolute atomic E-state index is 13.3. The summed E-state index contributed by atoms with van der Waals surface area (Å²) >= 11 is 1.15. The normalized spacial score (nSPS) is 12.5. The van der Waals surface area contributed by atoms with E-state index >= 15 is 0 Å². The van der Waals surface area contributed by atoms with E-state index in [9.17, 15) is 19.1 Å². The molecule has 0 saturated heterocycles. The van der Waals surface area contributed by atoms with Crippen molar-refractivity contribution in [3.8, 4) is 0 Å². The van der Waals surface area contributed by atoms with Gasteiger partial charge in [-0.2, -0.15) is 10.1 Å². The lowest BCUT2D eigenvalue weighted by molar-refractivity contribution is 0.0910. The Labute approximate surface area is 205 Å². The van der Waals surface area contributed by atoms with Gasteiger partial charge in [-0.15, -0.1) is 0 Å². The summed E-state index contributed by atoms with van der Waals surface area (Å²) < 4.78 is 15.4. The van der Waals surface area contributed by atoms with Gasteiger partial charge < -0.3 is 10.4 Å². The van der Waals surface area contributed by atoms with Crippen molar-refractivity contribution in [2.24, 2.45) is 0 Å². The molecule has 182 valence electrons. The third-order valence-corrected chi connectivity index (χ3v) is 6.34. The van der Waals surface area contributed by atoms with Crippen LogP contribution < -0.4 is 10.6 Å². The minimum Gasteiger partial charge on any atom is -0.394 e. The molecule has 2 aromatic heterocycles. The Morgan fingerprint density at radius 1 is 1.09 bits per heavy atom. The van der Waals surface area contributed by atoms with Crippen LogP contribution in [-0.2, 0) is 5.54 Å². The molecular formula is C25H26FN5O3S. The van der Waals surface area contributed by atoms with Gasteiger partial charge in [0.1, 0.15) is 10.5 Å². The number of hydrogen-bond acceptors (Lipinski definition) is 6. The van der Waals surface area contributed by atoms with Gasteiger partial charge in [0, 0.05) is 5.56 Å². The van der Waals surface area contributed by atoms with Gasteiger partial charge in [-0.05, 0) is 57.5 Å². The molecule has 1 atom stereocenters. The number of fused-ring (bicyclic) bond motifs is 1. The zero-order valence-corrected chi connectivity index (χ0v) is 20.6. The van der Waals surface area contributed by atoms with Crippen molar-refractivity contribution in [1.29, 1.82) is 0 Å². The van der Waals surface area contributed by atoms with Gasteiger partial charge in [-0.1, -0.05) is 41.2 Å². The Morgan fingerprint density at radius 2 is 1.74 bits per heavy atom. The Morgan fingerprint density at radius 3 is 2.34 bits per heavy atom. The van der Waals surface area contributed by atoms with Crippen LogP contribution in [0.4, 0.5) is 9.52 Å². The summed E-state index contributed by atoms with van der Waals surface area (Å²) in [6.07, 6.45) is 0. The number of rotatable bonds is 6. The zero-order valence-electron chi connectivity index (χ0n) is 19.8. The highest BCUT2D eigenvalue weighted by molar-refractivity contribution is 7.22. The van der Waals surface area contributed by atoms with E-state index in [-0.39, 0.29) is 18.2 Å². The van der Waals surface area contributed by atoms with Crippen molar-refractivity contribution in [2.75, 3.05) is 11.9 Å². The Balaban J connectivity index is 1.66. The monoisotopic (exact) mass is 495 g/mol. The quantitative estimate of drug-likeness (QED) is 0.367. The molecule has 0 aliphatic heterocycles. The van der Waals surface area contributed by atoms with Gasteiger partial charge in [0.2, 0.25) is 0 Å². The van der Waals surface area contributed by atoms with Gasteiger partial charge in [-0.3, -0.25) is 14.9 Å². The van der Waals surface area contributed by atoms with E-state index in [2.05, 4.69) is 20.7 Å². The number of carbonyl (C=O) groups is 2. The minimum absolute atomic E-state index is 0.129. The van der Waals surface area contributed by atoms with Crippen LogP contribution in [0, 0.1) is 12.7 Å². The van der Waals surface area contributed by atoms with Crippen molar-refractivity contribution in [2.45, 2.75) is 39.3 Å². The van der Waals surface area contributed by atoms with Gasteiger partial charge in [0.15, 0.2) is 16.5 Å². The number of anilines is 1. The standard InChI is InChI=1S/C25H26FN5O3S/c1-14-5-7-16(8-6-14)22(33)29-24-28-21-20(35-24)19(30-31(21)25(2,3)4)23(34)27-18(13-32)15-9-11-17(26)12-10-15/h5-12,18,32H,13H2,1-4H3,(H,27,34)(H,28,29,33)/t18-/m1/s1. The number of aliphatic hydroxyl groups excluding tert-OH is 1. The Hall–Kier alpha value is -3.63. The number of benzene rings is 2. The minimum atomic E-state index is -0.744. The average Bonchev–Trinajstić information content (AvgIpc) is 3.36. The fourth-order valence-electron chi connectivity index (χ4n) is 3.50. The molecule has 10 heteroatoms. The van der Waals surface area contributed by atoms with Crippen molar-refractivity contribution < 1.29 is 19.1 Å². The molecule has 0 unspecified atom stereocenters. The molecule has 2 heterocycles. The van der Waals surface area contributed by atoms with Crippen LogP contribution in [0.5, 0.6) is 0 Å². The first-order valence-electron chi connectivity index (χ1n) is 11.0. The van der Waals surface area contributed by atoms with E-state index < -0.39 is 23.3 Å². The van der Waals surface area contributed by atoms with E-state index in [0.717, 1.165) is 16.9 Å². The molecule has 2 amide bonds. The smallest absolute Gasteiger partial charge is 0.273 e. The third-order valence-electron chi connectivity index (χ3n) is 5.37. The summed E-state index contributed by atoms with van der Waals surface area (Å²) in [5.41, 5.74) is 2.21. The largest absolute Gasteiger partial charge is 0.394 e. The van der Waals surface area contributed by atoms with E-state index in [1.807, 2.05) is 39.8 Å². The lowest BCUT2D eigenvalue weighted by Crippen LogP contribution is -2.32. The zero-order chi connectivity index (χ0) is 25.3. The summed E-state index contributed by atoms with van der Waals surface area (Å²) in [4.78, 5) is 30.5. The van der Waals surface area contributed by atoms with Gasteiger partial charge >= 0.3 is 0 Å². The highest BCUT2D eigenvalue weighted by atomic mass is 32.1. The Bertz CT molecular complexity index is 1370. The molecular weight excluding hydrogens is 469 g/mol. The molecule has 2 aromatic carbocycles. The van der Waals surface area contributed by atoms with Crippen molar-refractivity contribution in [3.63, 3.8) is 0 Å². The molecule has 0 aliphatic rings. The molecule has 4 rings (SSSR count). The number of carbonyl (C=O) groups excluding carboxylic acids is 2. The van der Waals surface area contributed by atoms with Crippen molar-refractivity contribution >= 4 is 38.6 Å². The third kappa shape index (κ3) is 5.23. The summed E-state index contributed by atoms with van der Waals surface area (Å²) in [5, 5.41) is 20.2. The number of nitrogens with one attached hydrogen (secondary N) is 2. The second kappa shape index (κ2) is 9.55.